The Bertz CT molecular complexity index is 554. The lowest BCUT2D eigenvalue weighted by molar-refractivity contribution is -0.128. The van der Waals surface area contributed by atoms with E-state index in [-0.39, 0.29) is 56.5 Å². The maximum Gasteiger partial charge on any atom is 0.330 e. The minimum absolute atomic E-state index is 0.0260. The average Bonchev–Trinajstić information content (AvgIpc) is 3.45. The van der Waals surface area contributed by atoms with Gasteiger partial charge in [0, 0.05) is 0 Å². The summed E-state index contributed by atoms with van der Waals surface area (Å²) in [5.41, 5.74) is 0. The molecule has 3 heterocycles. The summed E-state index contributed by atoms with van der Waals surface area (Å²) >= 11 is 0. The number of hydrogen-bond acceptors (Lipinski definition) is 7. The molecule has 142 valence electrons. The molecule has 3 atom stereocenters. The van der Waals surface area contributed by atoms with Gasteiger partial charge in [-0.2, -0.15) is 0 Å². The first-order valence-electron chi connectivity index (χ1n) is 8.70. The number of carbonyl (C=O) groups is 2. The van der Waals surface area contributed by atoms with Gasteiger partial charge in [0.05, 0.1) is 57.9 Å². The molecule has 0 radical (unpaired) electrons. The molecule has 9 nitrogen and oxygen atoms in total. The quantitative estimate of drug-likeness (QED) is 0.302. The van der Waals surface area contributed by atoms with Crippen LogP contribution in [0.3, 0.4) is 0 Å². The molecule has 0 aromatic carbocycles. The van der Waals surface area contributed by atoms with Gasteiger partial charge in [0.1, 0.15) is 6.04 Å². The van der Waals surface area contributed by atoms with Crippen molar-refractivity contribution < 1.29 is 32.7 Å². The van der Waals surface area contributed by atoms with Crippen LogP contribution in [-0.2, 0) is 27.9 Å². The van der Waals surface area contributed by atoms with Gasteiger partial charge in [-0.25, -0.2) is 4.79 Å². The van der Waals surface area contributed by atoms with Crippen molar-refractivity contribution in [2.24, 2.45) is 0 Å². The molecular weight excluding hydrogens is 351 g/mol. The Kier molecular flexibility index (Phi) is 5.80. The molecule has 3 amide bonds. The maximum absolute atomic E-state index is 12.7. The van der Waals surface area contributed by atoms with Crippen LogP contribution in [0.2, 0.25) is 0 Å². The van der Waals surface area contributed by atoms with Crippen molar-refractivity contribution in [3.63, 3.8) is 0 Å². The third-order valence-electron chi connectivity index (χ3n) is 4.32. The Balaban J connectivity index is 1.67. The van der Waals surface area contributed by atoms with Gasteiger partial charge >= 0.3 is 13.6 Å². The molecule has 0 aromatic rings. The van der Waals surface area contributed by atoms with Gasteiger partial charge in [-0.1, -0.05) is 0 Å². The smallest absolute Gasteiger partial charge is 0.330 e. The molecule has 0 spiro atoms. The second kappa shape index (κ2) is 7.72. The summed E-state index contributed by atoms with van der Waals surface area (Å²) in [6, 6.07) is -0.992. The predicted molar refractivity (Wildman–Crippen MR) is 87.4 cm³/mol. The number of urea groups is 1. The summed E-state index contributed by atoms with van der Waals surface area (Å²) < 4.78 is 33.6. The van der Waals surface area contributed by atoms with E-state index in [9.17, 15) is 14.2 Å². The first kappa shape index (κ1) is 18.8. The zero-order valence-electron chi connectivity index (χ0n) is 14.6. The van der Waals surface area contributed by atoms with E-state index in [2.05, 4.69) is 0 Å². The highest BCUT2D eigenvalue weighted by Crippen LogP contribution is 2.49. The normalized spacial score (nSPS) is 28.8. The van der Waals surface area contributed by atoms with Gasteiger partial charge in [0.25, 0.3) is 5.91 Å². The fourth-order valence-electron chi connectivity index (χ4n) is 2.96. The number of rotatable bonds is 11. The van der Waals surface area contributed by atoms with E-state index in [0.717, 1.165) is 0 Å². The van der Waals surface area contributed by atoms with Crippen LogP contribution < -0.4 is 0 Å². The van der Waals surface area contributed by atoms with Crippen molar-refractivity contribution in [1.82, 2.24) is 9.80 Å². The molecule has 3 aliphatic rings. The molecule has 3 saturated heterocycles. The fraction of sp³-hybridized carbons (Fsp3) is 0.867. The Morgan fingerprint density at radius 3 is 2.16 bits per heavy atom. The average molecular weight is 376 g/mol. The van der Waals surface area contributed by atoms with Crippen molar-refractivity contribution in [2.45, 2.75) is 38.5 Å². The van der Waals surface area contributed by atoms with E-state index in [1.54, 1.807) is 13.8 Å². The molecule has 0 saturated carbocycles. The van der Waals surface area contributed by atoms with Crippen molar-refractivity contribution in [2.75, 3.05) is 45.7 Å². The van der Waals surface area contributed by atoms with Crippen LogP contribution >= 0.6 is 7.60 Å². The third kappa shape index (κ3) is 4.60. The minimum Gasteiger partial charge on any atom is -0.371 e. The third-order valence-corrected chi connectivity index (χ3v) is 6.43. The topological polar surface area (TPSA) is 101 Å². The number of imide groups is 1. The summed E-state index contributed by atoms with van der Waals surface area (Å²) in [4.78, 5) is 28.1. The Labute approximate surface area is 147 Å². The van der Waals surface area contributed by atoms with Crippen molar-refractivity contribution >= 4 is 19.5 Å². The summed E-state index contributed by atoms with van der Waals surface area (Å²) in [6.45, 7) is 5.80. The van der Waals surface area contributed by atoms with Crippen molar-refractivity contribution in [1.29, 1.82) is 0 Å². The van der Waals surface area contributed by atoms with Crippen LogP contribution in [0.25, 0.3) is 0 Å². The van der Waals surface area contributed by atoms with Gasteiger partial charge in [-0.05, 0) is 20.3 Å². The lowest BCUT2D eigenvalue weighted by Gasteiger charge is -2.23. The Hall–Kier alpha value is -0.990. The zero-order chi connectivity index (χ0) is 18.0. The summed E-state index contributed by atoms with van der Waals surface area (Å²) in [6.07, 6.45) is 0.232. The number of ether oxygens (including phenoxy) is 2. The van der Waals surface area contributed by atoms with E-state index >= 15 is 0 Å². The number of carbonyl (C=O) groups excluding carboxylic acids is 2. The molecule has 25 heavy (non-hydrogen) atoms. The molecule has 0 aliphatic carbocycles. The second-order valence-electron chi connectivity index (χ2n) is 6.27. The van der Waals surface area contributed by atoms with Gasteiger partial charge in [-0.15, -0.1) is 0 Å². The first-order valence-corrected chi connectivity index (χ1v) is 10.4. The second-order valence-corrected chi connectivity index (χ2v) is 8.45. The lowest BCUT2D eigenvalue weighted by atomic mass is 10.2. The standard InChI is InChI=1S/C15H25N2O7P/c1-3-23-25(20,24-4-2)6-5-13-14(18)17(8-12-10-22-12)15(19)16(13)7-11-9-21-11/h11-13H,3-10H2,1-2H3. The highest BCUT2D eigenvalue weighted by molar-refractivity contribution is 7.53. The van der Waals surface area contributed by atoms with Gasteiger partial charge in [0.15, 0.2) is 0 Å². The lowest BCUT2D eigenvalue weighted by Crippen LogP contribution is -2.39. The number of nitrogens with zero attached hydrogens (tertiary/aromatic N) is 2. The minimum atomic E-state index is -3.26. The SMILES string of the molecule is CCOP(=O)(CCC1C(=O)N(CC2CO2)C(=O)N1CC1CO1)OCC. The Morgan fingerprint density at radius 2 is 1.64 bits per heavy atom. The molecule has 0 aromatic heterocycles. The Morgan fingerprint density at radius 1 is 1.08 bits per heavy atom. The summed E-state index contributed by atoms with van der Waals surface area (Å²) in [5.74, 6) is -0.277. The molecule has 0 bridgehead atoms. The van der Waals surface area contributed by atoms with Crippen molar-refractivity contribution in [3.8, 4) is 0 Å². The van der Waals surface area contributed by atoms with Crippen LogP contribution in [0.4, 0.5) is 4.79 Å². The molecule has 3 unspecified atom stereocenters. The molecule has 3 fully saturated rings. The van der Waals surface area contributed by atoms with E-state index in [4.69, 9.17) is 18.5 Å². The van der Waals surface area contributed by atoms with E-state index in [1.807, 2.05) is 0 Å². The van der Waals surface area contributed by atoms with E-state index < -0.39 is 13.6 Å². The first-order chi connectivity index (χ1) is 12.0. The van der Waals surface area contributed by atoms with E-state index in [0.29, 0.717) is 19.8 Å². The number of epoxide rings is 2. The highest BCUT2D eigenvalue weighted by Gasteiger charge is 2.49. The highest BCUT2D eigenvalue weighted by atomic mass is 31.2. The number of hydrogen-bond donors (Lipinski definition) is 0. The molecule has 3 aliphatic heterocycles. The van der Waals surface area contributed by atoms with Gasteiger partial charge in [0.2, 0.25) is 0 Å². The van der Waals surface area contributed by atoms with Crippen LogP contribution in [0, 0.1) is 0 Å². The molecule has 3 rings (SSSR count). The molecule has 0 N–H and O–H groups in total. The molecule has 10 heteroatoms. The zero-order valence-corrected chi connectivity index (χ0v) is 15.5. The van der Waals surface area contributed by atoms with Crippen LogP contribution in [0.1, 0.15) is 20.3 Å². The van der Waals surface area contributed by atoms with Crippen LogP contribution in [-0.4, -0.2) is 85.7 Å². The predicted octanol–water partition coefficient (Wildman–Crippen LogP) is 1.07. The fourth-order valence-corrected chi connectivity index (χ4v) is 4.64. The van der Waals surface area contributed by atoms with E-state index in [1.165, 1.54) is 9.80 Å². The summed E-state index contributed by atoms with van der Waals surface area (Å²) in [7, 11) is -3.26. The largest absolute Gasteiger partial charge is 0.371 e. The maximum atomic E-state index is 12.7. The molecular formula is C15H25N2O7P. The summed E-state index contributed by atoms with van der Waals surface area (Å²) in [5, 5.41) is 0. The van der Waals surface area contributed by atoms with Gasteiger partial charge in [-0.3, -0.25) is 14.3 Å². The monoisotopic (exact) mass is 376 g/mol. The number of amides is 3. The van der Waals surface area contributed by atoms with Crippen LogP contribution in [0.5, 0.6) is 0 Å². The van der Waals surface area contributed by atoms with Crippen molar-refractivity contribution in [3.05, 3.63) is 0 Å². The van der Waals surface area contributed by atoms with Crippen LogP contribution in [0.15, 0.2) is 0 Å². The van der Waals surface area contributed by atoms with Gasteiger partial charge < -0.3 is 23.4 Å².